The smallest absolute Gasteiger partial charge is 0.303 e. The Kier molecular flexibility index (Phi) is 11.8. The maximum Gasteiger partial charge on any atom is 0.303 e. The van der Waals surface area contributed by atoms with Crippen LogP contribution in [-0.2, 0) is 4.79 Å². The molecule has 1 saturated carbocycles. The number of carboxylic acids is 1. The van der Waals surface area contributed by atoms with Gasteiger partial charge in [0.15, 0.2) is 0 Å². The average Bonchev–Trinajstić information content (AvgIpc) is 2.94. The Hall–Kier alpha value is -0.870. The standard InChI is InChI=1S/C21H38O4/c1-2-3-4-6-10-13-19(22)18-15-16-20(23)17(18)12-9-7-5-8-11-14-21(24)25/h7,9,17-20,22-23H,2-6,8,10-16H2,1H3,(H,24,25)/t17-,18-,19?,20?/m1/s1. The largest absolute Gasteiger partial charge is 0.481 e. The van der Waals surface area contributed by atoms with Gasteiger partial charge in [0, 0.05) is 6.42 Å². The Morgan fingerprint density at radius 3 is 2.56 bits per heavy atom. The molecule has 1 aliphatic carbocycles. The van der Waals surface area contributed by atoms with Gasteiger partial charge in [0.25, 0.3) is 0 Å². The van der Waals surface area contributed by atoms with Crippen molar-refractivity contribution in [2.75, 3.05) is 0 Å². The number of aliphatic hydroxyl groups is 2. The zero-order valence-electron chi connectivity index (χ0n) is 15.9. The lowest BCUT2D eigenvalue weighted by molar-refractivity contribution is -0.137. The van der Waals surface area contributed by atoms with Crippen LogP contribution in [0.15, 0.2) is 12.2 Å². The molecule has 0 aliphatic heterocycles. The number of hydrogen-bond acceptors (Lipinski definition) is 3. The molecule has 0 aromatic rings. The summed E-state index contributed by atoms with van der Waals surface area (Å²) < 4.78 is 0. The minimum absolute atomic E-state index is 0.168. The second-order valence-corrected chi connectivity index (χ2v) is 7.59. The van der Waals surface area contributed by atoms with Crippen LogP contribution in [0.2, 0.25) is 0 Å². The summed E-state index contributed by atoms with van der Waals surface area (Å²) in [5.41, 5.74) is 0. The third-order valence-corrected chi connectivity index (χ3v) is 5.52. The number of aliphatic carboxylic acids is 1. The molecule has 0 aromatic carbocycles. The summed E-state index contributed by atoms with van der Waals surface area (Å²) in [6, 6.07) is 0. The van der Waals surface area contributed by atoms with Crippen molar-refractivity contribution in [3.63, 3.8) is 0 Å². The van der Waals surface area contributed by atoms with Gasteiger partial charge in [-0.15, -0.1) is 0 Å². The number of aliphatic hydroxyl groups excluding tert-OH is 2. The first kappa shape index (κ1) is 22.2. The summed E-state index contributed by atoms with van der Waals surface area (Å²) in [5.74, 6) is -0.344. The molecular weight excluding hydrogens is 316 g/mol. The van der Waals surface area contributed by atoms with Gasteiger partial charge in [-0.25, -0.2) is 0 Å². The summed E-state index contributed by atoms with van der Waals surface area (Å²) in [7, 11) is 0. The van der Waals surface area contributed by atoms with Gasteiger partial charge < -0.3 is 15.3 Å². The molecule has 0 heterocycles. The Morgan fingerprint density at radius 2 is 1.84 bits per heavy atom. The fourth-order valence-corrected chi connectivity index (χ4v) is 3.97. The van der Waals surface area contributed by atoms with Crippen LogP contribution in [0.5, 0.6) is 0 Å². The maximum absolute atomic E-state index is 10.5. The Bertz CT molecular complexity index is 380. The third kappa shape index (κ3) is 9.41. The van der Waals surface area contributed by atoms with Crippen LogP contribution in [0.25, 0.3) is 0 Å². The van der Waals surface area contributed by atoms with Gasteiger partial charge in [0.05, 0.1) is 12.2 Å². The summed E-state index contributed by atoms with van der Waals surface area (Å²) in [4.78, 5) is 10.5. The number of hydrogen-bond donors (Lipinski definition) is 3. The first-order valence-corrected chi connectivity index (χ1v) is 10.3. The minimum Gasteiger partial charge on any atom is -0.481 e. The Morgan fingerprint density at radius 1 is 1.08 bits per heavy atom. The lowest BCUT2D eigenvalue weighted by atomic mass is 9.85. The van der Waals surface area contributed by atoms with Crippen molar-refractivity contribution < 1.29 is 20.1 Å². The van der Waals surface area contributed by atoms with Crippen LogP contribution in [0.3, 0.4) is 0 Å². The van der Waals surface area contributed by atoms with Crippen LogP contribution in [0.1, 0.15) is 90.4 Å². The van der Waals surface area contributed by atoms with Crippen LogP contribution >= 0.6 is 0 Å². The molecular formula is C21H38O4. The fourth-order valence-electron chi connectivity index (χ4n) is 3.97. The number of unbranched alkanes of at least 4 members (excludes halogenated alkanes) is 6. The molecule has 1 aliphatic rings. The molecule has 3 N–H and O–H groups in total. The molecule has 0 saturated heterocycles. The van der Waals surface area contributed by atoms with E-state index in [1.54, 1.807) is 0 Å². The van der Waals surface area contributed by atoms with E-state index in [0.717, 1.165) is 44.9 Å². The van der Waals surface area contributed by atoms with Gasteiger partial charge >= 0.3 is 5.97 Å². The van der Waals surface area contributed by atoms with E-state index in [0.29, 0.717) is 6.42 Å². The minimum atomic E-state index is -0.732. The predicted molar refractivity (Wildman–Crippen MR) is 101 cm³/mol. The summed E-state index contributed by atoms with van der Waals surface area (Å²) in [5, 5.41) is 29.4. The molecule has 1 rings (SSSR count). The molecule has 2 unspecified atom stereocenters. The molecule has 146 valence electrons. The van der Waals surface area contributed by atoms with Gasteiger partial charge in [0.2, 0.25) is 0 Å². The molecule has 0 radical (unpaired) electrons. The first-order valence-electron chi connectivity index (χ1n) is 10.3. The number of rotatable bonds is 14. The molecule has 4 atom stereocenters. The maximum atomic E-state index is 10.5. The Balaban J connectivity index is 2.26. The molecule has 1 fully saturated rings. The van der Waals surface area contributed by atoms with E-state index < -0.39 is 5.97 Å². The summed E-state index contributed by atoms with van der Waals surface area (Å²) in [6.07, 6.45) is 15.8. The van der Waals surface area contributed by atoms with Gasteiger partial charge in [-0.05, 0) is 56.8 Å². The van der Waals surface area contributed by atoms with E-state index >= 15 is 0 Å². The van der Waals surface area contributed by atoms with E-state index in [-0.39, 0.29) is 30.5 Å². The molecule has 4 heteroatoms. The van der Waals surface area contributed by atoms with Crippen molar-refractivity contribution in [2.45, 2.75) is 103 Å². The lowest BCUT2D eigenvalue weighted by Crippen LogP contribution is -2.28. The topological polar surface area (TPSA) is 77.8 Å². The number of carboxylic acid groups (broad SMARTS) is 1. The summed E-state index contributed by atoms with van der Waals surface area (Å²) >= 11 is 0. The zero-order valence-corrected chi connectivity index (χ0v) is 15.9. The van der Waals surface area contributed by atoms with Gasteiger partial charge in [-0.3, -0.25) is 4.79 Å². The van der Waals surface area contributed by atoms with E-state index in [4.69, 9.17) is 5.11 Å². The third-order valence-electron chi connectivity index (χ3n) is 5.52. The van der Waals surface area contributed by atoms with E-state index in [2.05, 4.69) is 19.1 Å². The van der Waals surface area contributed by atoms with Crippen molar-refractivity contribution in [3.8, 4) is 0 Å². The van der Waals surface area contributed by atoms with Crippen molar-refractivity contribution in [1.82, 2.24) is 0 Å². The van der Waals surface area contributed by atoms with Gasteiger partial charge in [-0.1, -0.05) is 51.2 Å². The number of carbonyl (C=O) groups is 1. The van der Waals surface area contributed by atoms with E-state index in [9.17, 15) is 15.0 Å². The highest BCUT2D eigenvalue weighted by Crippen LogP contribution is 2.38. The monoisotopic (exact) mass is 354 g/mol. The highest BCUT2D eigenvalue weighted by atomic mass is 16.4. The number of allylic oxidation sites excluding steroid dienone is 2. The normalized spacial score (nSPS) is 24.8. The lowest BCUT2D eigenvalue weighted by Gasteiger charge is -2.25. The SMILES string of the molecule is CCCCCCCC(O)[C@@H]1CCC(O)[C@@H]1CC=CCCCCC(=O)O. The fraction of sp³-hybridized carbons (Fsp3) is 0.857. The zero-order chi connectivity index (χ0) is 18.5. The van der Waals surface area contributed by atoms with Gasteiger partial charge in [-0.2, -0.15) is 0 Å². The molecule has 4 nitrogen and oxygen atoms in total. The van der Waals surface area contributed by atoms with E-state index in [1.807, 2.05) is 0 Å². The van der Waals surface area contributed by atoms with Crippen molar-refractivity contribution >= 4 is 5.97 Å². The van der Waals surface area contributed by atoms with Crippen molar-refractivity contribution in [3.05, 3.63) is 12.2 Å². The van der Waals surface area contributed by atoms with Crippen LogP contribution in [0.4, 0.5) is 0 Å². The highest BCUT2D eigenvalue weighted by molar-refractivity contribution is 5.66. The molecule has 0 amide bonds. The molecule has 25 heavy (non-hydrogen) atoms. The van der Waals surface area contributed by atoms with Gasteiger partial charge in [0.1, 0.15) is 0 Å². The first-order chi connectivity index (χ1) is 12.1. The predicted octanol–water partition coefficient (Wildman–Crippen LogP) is 4.69. The van der Waals surface area contributed by atoms with E-state index in [1.165, 1.54) is 25.7 Å². The second kappa shape index (κ2) is 13.3. The summed E-state index contributed by atoms with van der Waals surface area (Å²) in [6.45, 7) is 2.21. The Labute approximate surface area is 153 Å². The highest BCUT2D eigenvalue weighted by Gasteiger charge is 2.37. The van der Waals surface area contributed by atoms with Crippen molar-refractivity contribution in [1.29, 1.82) is 0 Å². The average molecular weight is 355 g/mol. The molecule has 0 bridgehead atoms. The van der Waals surface area contributed by atoms with Crippen molar-refractivity contribution in [2.24, 2.45) is 11.8 Å². The second-order valence-electron chi connectivity index (χ2n) is 7.59. The molecule has 0 aromatic heterocycles. The van der Waals surface area contributed by atoms with Crippen LogP contribution < -0.4 is 0 Å². The van der Waals surface area contributed by atoms with Crippen LogP contribution in [0, 0.1) is 11.8 Å². The molecule has 0 spiro atoms. The quantitative estimate of drug-likeness (QED) is 0.312. The van der Waals surface area contributed by atoms with Crippen LogP contribution in [-0.4, -0.2) is 33.5 Å².